The molecular formula is C16H38N2O5. The van der Waals surface area contributed by atoms with Gasteiger partial charge in [-0.05, 0) is 20.0 Å². The van der Waals surface area contributed by atoms with Gasteiger partial charge in [0.05, 0.1) is 40.1 Å². The summed E-state index contributed by atoms with van der Waals surface area (Å²) < 4.78 is 20.3. The Bertz CT molecular complexity index is 207. The molecule has 0 heterocycles. The molecule has 7 nitrogen and oxygen atoms in total. The van der Waals surface area contributed by atoms with E-state index in [9.17, 15) is 4.79 Å². The van der Waals surface area contributed by atoms with E-state index in [1.807, 2.05) is 34.7 Å². The molecule has 0 rings (SSSR count). The van der Waals surface area contributed by atoms with E-state index in [1.54, 1.807) is 0 Å². The van der Waals surface area contributed by atoms with E-state index < -0.39 is 6.09 Å². The molecule has 0 spiro atoms. The molecule has 7 heteroatoms. The van der Waals surface area contributed by atoms with E-state index in [0.717, 1.165) is 19.6 Å². The molecule has 0 aliphatic carbocycles. The summed E-state index contributed by atoms with van der Waals surface area (Å²) >= 11 is 0. The van der Waals surface area contributed by atoms with Crippen molar-refractivity contribution in [1.82, 2.24) is 10.6 Å². The summed E-state index contributed by atoms with van der Waals surface area (Å²) in [5.41, 5.74) is 0. The summed E-state index contributed by atoms with van der Waals surface area (Å²) in [4.78, 5) is 10.7. The molecule has 0 aromatic carbocycles. The van der Waals surface area contributed by atoms with E-state index >= 15 is 0 Å². The van der Waals surface area contributed by atoms with Crippen LogP contribution in [0.3, 0.4) is 0 Å². The van der Waals surface area contributed by atoms with Crippen LogP contribution in [0.15, 0.2) is 0 Å². The van der Waals surface area contributed by atoms with Crippen LogP contribution < -0.4 is 10.6 Å². The molecule has 142 valence electrons. The van der Waals surface area contributed by atoms with Gasteiger partial charge >= 0.3 is 6.09 Å². The first-order valence-electron chi connectivity index (χ1n) is 8.51. The van der Waals surface area contributed by atoms with Gasteiger partial charge in [-0.25, -0.2) is 4.79 Å². The molecule has 0 aromatic rings. The van der Waals surface area contributed by atoms with Crippen molar-refractivity contribution < 1.29 is 23.7 Å². The number of alkyl carbamates (subject to hydrolysis) is 1. The summed E-state index contributed by atoms with van der Waals surface area (Å²) in [6.07, 6.45) is 0.558. The van der Waals surface area contributed by atoms with Crippen LogP contribution in [0.4, 0.5) is 4.79 Å². The quantitative estimate of drug-likeness (QED) is 0.501. The lowest BCUT2D eigenvalue weighted by Gasteiger charge is -2.07. The first-order valence-corrected chi connectivity index (χ1v) is 8.51. The lowest BCUT2D eigenvalue weighted by atomic mass is 10.4. The van der Waals surface area contributed by atoms with Gasteiger partial charge in [0.25, 0.3) is 0 Å². The third kappa shape index (κ3) is 29.7. The average molecular weight is 338 g/mol. The van der Waals surface area contributed by atoms with Crippen LogP contribution in [0, 0.1) is 0 Å². The van der Waals surface area contributed by atoms with Gasteiger partial charge in [0.1, 0.15) is 0 Å². The van der Waals surface area contributed by atoms with Crippen molar-refractivity contribution >= 4 is 6.09 Å². The van der Waals surface area contributed by atoms with Crippen LogP contribution in [0.5, 0.6) is 0 Å². The highest BCUT2D eigenvalue weighted by Crippen LogP contribution is 1.83. The molecule has 0 saturated heterocycles. The number of methoxy groups -OCH3 is 1. The standard InChI is InChI=1S/C12H26N2O5.2C2H6/c1-13-4-3-6-17-8-10-19-11-9-18-7-5-14-12(15)16-2;2*1-2/h13H,3-11H2,1-2H3,(H,14,15);2*1-2H3. The fourth-order valence-electron chi connectivity index (χ4n) is 1.19. The number of hydrogen-bond donors (Lipinski definition) is 2. The Morgan fingerprint density at radius 3 is 1.74 bits per heavy atom. The maximum absolute atomic E-state index is 10.7. The Morgan fingerprint density at radius 2 is 1.26 bits per heavy atom. The van der Waals surface area contributed by atoms with Gasteiger partial charge < -0.3 is 29.6 Å². The molecule has 0 atom stereocenters. The number of hydrogen-bond acceptors (Lipinski definition) is 6. The SMILES string of the molecule is CC.CC.CNCCCOCCOCCOCCNC(=O)OC. The van der Waals surface area contributed by atoms with Crippen LogP contribution in [0.25, 0.3) is 0 Å². The van der Waals surface area contributed by atoms with Crippen LogP contribution in [0.1, 0.15) is 34.1 Å². The average Bonchev–Trinajstić information content (AvgIpc) is 2.62. The van der Waals surface area contributed by atoms with Crippen molar-refractivity contribution in [3.8, 4) is 0 Å². The van der Waals surface area contributed by atoms with Gasteiger partial charge in [0, 0.05) is 13.2 Å². The second-order valence-corrected chi connectivity index (χ2v) is 3.71. The summed E-state index contributed by atoms with van der Waals surface area (Å²) in [5, 5.41) is 5.57. The molecule has 0 radical (unpaired) electrons. The highest BCUT2D eigenvalue weighted by Gasteiger charge is 1.96. The molecule has 23 heavy (non-hydrogen) atoms. The summed E-state index contributed by atoms with van der Waals surface area (Å²) in [7, 11) is 3.24. The van der Waals surface area contributed by atoms with E-state index in [0.29, 0.717) is 39.6 Å². The second-order valence-electron chi connectivity index (χ2n) is 3.71. The molecule has 0 bridgehead atoms. The van der Waals surface area contributed by atoms with Crippen molar-refractivity contribution in [3.05, 3.63) is 0 Å². The summed E-state index contributed by atoms with van der Waals surface area (Å²) in [5.74, 6) is 0. The van der Waals surface area contributed by atoms with Crippen LogP contribution in [0.2, 0.25) is 0 Å². The van der Waals surface area contributed by atoms with Gasteiger partial charge in [-0.3, -0.25) is 0 Å². The van der Waals surface area contributed by atoms with Gasteiger partial charge in [0.2, 0.25) is 0 Å². The van der Waals surface area contributed by atoms with Gasteiger partial charge in [-0.2, -0.15) is 0 Å². The third-order valence-electron chi connectivity index (χ3n) is 2.16. The predicted octanol–water partition coefficient (Wildman–Crippen LogP) is 2.05. The van der Waals surface area contributed by atoms with E-state index in [2.05, 4.69) is 15.4 Å². The maximum Gasteiger partial charge on any atom is 0.406 e. The highest BCUT2D eigenvalue weighted by atomic mass is 16.5. The lowest BCUT2D eigenvalue weighted by molar-refractivity contribution is 0.0148. The predicted molar refractivity (Wildman–Crippen MR) is 94.1 cm³/mol. The van der Waals surface area contributed by atoms with Gasteiger partial charge in [-0.1, -0.05) is 27.7 Å². The number of carbonyl (C=O) groups is 1. The number of ether oxygens (including phenoxy) is 4. The van der Waals surface area contributed by atoms with Crippen molar-refractivity contribution in [2.45, 2.75) is 34.1 Å². The van der Waals surface area contributed by atoms with Crippen molar-refractivity contribution in [3.63, 3.8) is 0 Å². The molecular weight excluding hydrogens is 300 g/mol. The topological polar surface area (TPSA) is 78.0 Å². The van der Waals surface area contributed by atoms with E-state index in [4.69, 9.17) is 14.2 Å². The van der Waals surface area contributed by atoms with Crippen LogP contribution in [-0.2, 0) is 18.9 Å². The lowest BCUT2D eigenvalue weighted by Crippen LogP contribution is -2.27. The van der Waals surface area contributed by atoms with E-state index in [-0.39, 0.29) is 0 Å². The number of nitrogens with one attached hydrogen (secondary N) is 2. The van der Waals surface area contributed by atoms with Gasteiger partial charge in [-0.15, -0.1) is 0 Å². The smallest absolute Gasteiger partial charge is 0.406 e. The minimum absolute atomic E-state index is 0.432. The Hall–Kier alpha value is -0.890. The van der Waals surface area contributed by atoms with Crippen molar-refractivity contribution in [1.29, 1.82) is 0 Å². The number of carbonyl (C=O) groups excluding carboxylic acids is 1. The third-order valence-corrected chi connectivity index (χ3v) is 2.16. The molecule has 0 aliphatic rings. The molecule has 0 fully saturated rings. The molecule has 1 amide bonds. The zero-order valence-corrected chi connectivity index (χ0v) is 15.9. The highest BCUT2D eigenvalue weighted by molar-refractivity contribution is 5.66. The number of amides is 1. The Labute approximate surface area is 142 Å². The first-order chi connectivity index (χ1) is 11.3. The monoisotopic (exact) mass is 338 g/mol. The normalized spacial score (nSPS) is 9.13. The Morgan fingerprint density at radius 1 is 0.783 bits per heavy atom. The van der Waals surface area contributed by atoms with Crippen LogP contribution in [-0.4, -0.2) is 73.0 Å². The summed E-state index contributed by atoms with van der Waals surface area (Å²) in [6.45, 7) is 12.8. The van der Waals surface area contributed by atoms with E-state index in [1.165, 1.54) is 7.11 Å². The number of rotatable bonds is 13. The molecule has 0 unspecified atom stereocenters. The minimum atomic E-state index is -0.449. The Kier molecular flexibility index (Phi) is 34.2. The molecule has 2 N–H and O–H groups in total. The molecule has 0 aromatic heterocycles. The zero-order valence-electron chi connectivity index (χ0n) is 15.9. The van der Waals surface area contributed by atoms with Crippen molar-refractivity contribution in [2.24, 2.45) is 0 Å². The molecule has 0 aliphatic heterocycles. The van der Waals surface area contributed by atoms with Gasteiger partial charge in [0.15, 0.2) is 0 Å². The first kappa shape index (κ1) is 27.0. The van der Waals surface area contributed by atoms with Crippen LogP contribution >= 0.6 is 0 Å². The zero-order chi connectivity index (χ0) is 18.2. The van der Waals surface area contributed by atoms with Crippen molar-refractivity contribution in [2.75, 3.05) is 66.9 Å². The second kappa shape index (κ2) is 29.2. The fourth-order valence-corrected chi connectivity index (χ4v) is 1.19. The minimum Gasteiger partial charge on any atom is -0.453 e. The fraction of sp³-hybridized carbons (Fsp3) is 0.938. The summed E-state index contributed by atoms with van der Waals surface area (Å²) in [6, 6.07) is 0. The largest absolute Gasteiger partial charge is 0.453 e. The molecule has 0 saturated carbocycles. The Balaban J connectivity index is -0.000000919. The maximum atomic E-state index is 10.7.